The second-order valence-electron chi connectivity index (χ2n) is 4.28. The van der Waals surface area contributed by atoms with Gasteiger partial charge in [0.1, 0.15) is 5.82 Å². The van der Waals surface area contributed by atoms with Crippen molar-refractivity contribution in [2.24, 2.45) is 0 Å². The molecule has 0 amide bonds. The second-order valence-corrected chi connectivity index (χ2v) is 6.05. The van der Waals surface area contributed by atoms with Gasteiger partial charge in [0.15, 0.2) is 4.77 Å². The van der Waals surface area contributed by atoms with Gasteiger partial charge in [-0.05, 0) is 36.7 Å². The summed E-state index contributed by atoms with van der Waals surface area (Å²) in [5, 5.41) is 2.11. The van der Waals surface area contributed by atoms with Crippen molar-refractivity contribution in [2.45, 2.75) is 13.0 Å². The molecule has 1 unspecified atom stereocenters. The highest BCUT2D eigenvalue weighted by atomic mass is 35.5. The first-order chi connectivity index (χ1) is 9.08. The third-order valence-corrected chi connectivity index (χ3v) is 4.73. The number of fused-ring (bicyclic) bond motifs is 1. The Kier molecular flexibility index (Phi) is 3.20. The van der Waals surface area contributed by atoms with Gasteiger partial charge in [-0.15, -0.1) is 11.3 Å². The van der Waals surface area contributed by atoms with Crippen molar-refractivity contribution >= 4 is 46.2 Å². The van der Waals surface area contributed by atoms with E-state index in [1.165, 1.54) is 10.9 Å². The van der Waals surface area contributed by atoms with E-state index in [4.69, 9.17) is 23.8 Å². The monoisotopic (exact) mass is 312 g/mol. The normalized spacial score (nSPS) is 13.0. The number of rotatable bonds is 2. The molecule has 0 radical (unpaired) electrons. The molecule has 0 bridgehead atoms. The van der Waals surface area contributed by atoms with E-state index in [0.29, 0.717) is 4.77 Å². The lowest BCUT2D eigenvalue weighted by Crippen LogP contribution is -2.05. The van der Waals surface area contributed by atoms with E-state index in [1.807, 2.05) is 29.0 Å². The number of nitrogens with one attached hydrogen (secondary N) is 1. The summed E-state index contributed by atoms with van der Waals surface area (Å²) in [6.07, 6.45) is 0. The molecule has 19 heavy (non-hydrogen) atoms. The van der Waals surface area contributed by atoms with E-state index in [0.717, 1.165) is 11.0 Å². The number of nitrogens with zero attached hydrogens (tertiary/aromatic N) is 1. The summed E-state index contributed by atoms with van der Waals surface area (Å²) in [6.45, 7) is 2.04. The highest BCUT2D eigenvalue weighted by Gasteiger charge is 2.15. The number of aromatic nitrogens is 2. The van der Waals surface area contributed by atoms with Crippen LogP contribution in [0.25, 0.3) is 11.0 Å². The third kappa shape index (κ3) is 2.12. The Balaban J connectivity index is 2.26. The van der Waals surface area contributed by atoms with Gasteiger partial charge in [-0.1, -0.05) is 17.7 Å². The first kappa shape index (κ1) is 12.8. The van der Waals surface area contributed by atoms with E-state index >= 15 is 0 Å². The first-order valence-corrected chi connectivity index (χ1v) is 7.37. The number of imidazole rings is 1. The summed E-state index contributed by atoms with van der Waals surface area (Å²) >= 11 is 12.8. The van der Waals surface area contributed by atoms with Crippen LogP contribution in [0.3, 0.4) is 0 Å². The summed E-state index contributed by atoms with van der Waals surface area (Å²) in [7, 11) is 0. The predicted octanol–water partition coefficient (Wildman–Crippen LogP) is 5.16. The summed E-state index contributed by atoms with van der Waals surface area (Å²) in [5.41, 5.74) is 1.48. The lowest BCUT2D eigenvalue weighted by atomic mass is 10.2. The van der Waals surface area contributed by atoms with Crippen LogP contribution in [0.5, 0.6) is 0 Å². The number of hydrogen-bond acceptors (Lipinski definition) is 2. The van der Waals surface area contributed by atoms with Gasteiger partial charge >= 0.3 is 0 Å². The molecular formula is C13H10ClFN2S2. The average molecular weight is 313 g/mol. The van der Waals surface area contributed by atoms with Crippen LogP contribution in [-0.4, -0.2) is 9.55 Å². The number of aromatic amines is 1. The maximum atomic E-state index is 13.7. The van der Waals surface area contributed by atoms with Crippen LogP contribution in [0, 0.1) is 10.6 Å². The molecule has 0 spiro atoms. The van der Waals surface area contributed by atoms with Gasteiger partial charge in [-0.25, -0.2) is 4.39 Å². The molecule has 0 saturated heterocycles. The van der Waals surface area contributed by atoms with E-state index < -0.39 is 5.82 Å². The zero-order chi connectivity index (χ0) is 13.6. The Morgan fingerprint density at radius 2 is 2.26 bits per heavy atom. The fraction of sp³-hybridized carbons (Fsp3) is 0.154. The Hall–Kier alpha value is -1.17. The smallest absolute Gasteiger partial charge is 0.178 e. The lowest BCUT2D eigenvalue weighted by molar-refractivity contribution is 0.624. The molecule has 1 atom stereocenters. The zero-order valence-corrected chi connectivity index (χ0v) is 12.4. The van der Waals surface area contributed by atoms with E-state index in [-0.39, 0.29) is 11.1 Å². The highest BCUT2D eigenvalue weighted by Crippen LogP contribution is 2.29. The predicted molar refractivity (Wildman–Crippen MR) is 80.2 cm³/mol. The standard InChI is InChI=1S/C13H10ClFN2S2/c1-7(12-3-2-4-19-12)17-11-6-9(15)8(14)5-10(11)16-13(17)18/h2-7H,1H3,(H,16,18). The molecule has 2 heterocycles. The molecule has 0 aliphatic carbocycles. The van der Waals surface area contributed by atoms with Crippen molar-refractivity contribution in [1.82, 2.24) is 9.55 Å². The zero-order valence-electron chi connectivity index (χ0n) is 9.98. The fourth-order valence-electron chi connectivity index (χ4n) is 2.16. The van der Waals surface area contributed by atoms with E-state index in [2.05, 4.69) is 4.98 Å². The van der Waals surface area contributed by atoms with Gasteiger partial charge in [-0.2, -0.15) is 0 Å². The molecule has 6 heteroatoms. The quantitative estimate of drug-likeness (QED) is 0.648. The molecule has 3 aromatic rings. The fourth-order valence-corrected chi connectivity index (χ4v) is 3.47. The molecule has 0 fully saturated rings. The lowest BCUT2D eigenvalue weighted by Gasteiger charge is -2.12. The summed E-state index contributed by atoms with van der Waals surface area (Å²) in [6, 6.07) is 7.09. The van der Waals surface area contributed by atoms with Crippen LogP contribution in [0.4, 0.5) is 4.39 Å². The number of thiophene rings is 1. The van der Waals surface area contributed by atoms with Crippen LogP contribution in [0.1, 0.15) is 17.8 Å². The maximum absolute atomic E-state index is 13.7. The molecule has 2 nitrogen and oxygen atoms in total. The molecular weight excluding hydrogens is 303 g/mol. The van der Waals surface area contributed by atoms with Crippen molar-refractivity contribution in [3.8, 4) is 0 Å². The van der Waals surface area contributed by atoms with Crippen LogP contribution in [0.15, 0.2) is 29.6 Å². The second kappa shape index (κ2) is 4.74. The Bertz CT molecular complexity index is 789. The van der Waals surface area contributed by atoms with Crippen LogP contribution in [0.2, 0.25) is 5.02 Å². The maximum Gasteiger partial charge on any atom is 0.178 e. The number of H-pyrrole nitrogens is 1. The van der Waals surface area contributed by atoms with Crippen molar-refractivity contribution < 1.29 is 4.39 Å². The number of benzene rings is 1. The number of hydrogen-bond donors (Lipinski definition) is 1. The Morgan fingerprint density at radius 3 is 2.95 bits per heavy atom. The third-order valence-electron chi connectivity index (χ3n) is 3.10. The minimum Gasteiger partial charge on any atom is -0.331 e. The molecule has 0 saturated carbocycles. The van der Waals surface area contributed by atoms with Crippen molar-refractivity contribution in [2.75, 3.05) is 0 Å². The van der Waals surface area contributed by atoms with Gasteiger partial charge in [-0.3, -0.25) is 0 Å². The molecule has 3 rings (SSSR count). The van der Waals surface area contributed by atoms with E-state index in [1.54, 1.807) is 17.4 Å². The summed E-state index contributed by atoms with van der Waals surface area (Å²) in [4.78, 5) is 4.24. The van der Waals surface area contributed by atoms with Crippen LogP contribution >= 0.6 is 35.2 Å². The summed E-state index contributed by atoms with van der Waals surface area (Å²) in [5.74, 6) is -0.435. The van der Waals surface area contributed by atoms with Crippen molar-refractivity contribution in [3.63, 3.8) is 0 Å². The molecule has 98 valence electrons. The van der Waals surface area contributed by atoms with E-state index in [9.17, 15) is 4.39 Å². The summed E-state index contributed by atoms with van der Waals surface area (Å²) < 4.78 is 16.1. The van der Waals surface area contributed by atoms with Gasteiger partial charge in [0.2, 0.25) is 0 Å². The first-order valence-electron chi connectivity index (χ1n) is 5.70. The van der Waals surface area contributed by atoms with Crippen molar-refractivity contribution in [1.29, 1.82) is 0 Å². The Morgan fingerprint density at radius 1 is 1.47 bits per heavy atom. The van der Waals surface area contributed by atoms with Crippen molar-refractivity contribution in [3.05, 3.63) is 50.1 Å². The van der Waals surface area contributed by atoms with Gasteiger partial charge < -0.3 is 9.55 Å². The molecule has 1 N–H and O–H groups in total. The van der Waals surface area contributed by atoms with Crippen LogP contribution in [-0.2, 0) is 0 Å². The van der Waals surface area contributed by atoms with Gasteiger partial charge in [0.05, 0.1) is 22.1 Å². The van der Waals surface area contributed by atoms with Gasteiger partial charge in [0, 0.05) is 10.9 Å². The minimum atomic E-state index is -0.435. The van der Waals surface area contributed by atoms with Gasteiger partial charge in [0.25, 0.3) is 0 Å². The molecule has 0 aliphatic rings. The topological polar surface area (TPSA) is 20.7 Å². The molecule has 1 aromatic carbocycles. The van der Waals surface area contributed by atoms with Crippen LogP contribution < -0.4 is 0 Å². The SMILES string of the molecule is CC(c1cccs1)n1c(=S)[nH]c2cc(Cl)c(F)cc21. The average Bonchev–Trinajstić information content (AvgIpc) is 2.97. The highest BCUT2D eigenvalue weighted by molar-refractivity contribution is 7.71. The Labute approximate surface area is 123 Å². The minimum absolute atomic E-state index is 0.0572. The molecule has 2 aromatic heterocycles. The molecule has 0 aliphatic heterocycles. The largest absolute Gasteiger partial charge is 0.331 e. The number of halogens is 2.